The molecular weight excluding hydrogens is 514 g/mol. The minimum atomic E-state index is -2.71. The second-order valence-corrected chi connectivity index (χ2v) is 12.6. The van der Waals surface area contributed by atoms with Gasteiger partial charge in [-0.1, -0.05) is 25.7 Å². The van der Waals surface area contributed by atoms with E-state index in [1.807, 2.05) is 25.1 Å². The van der Waals surface area contributed by atoms with E-state index in [1.165, 1.54) is 17.7 Å². The van der Waals surface area contributed by atoms with Gasteiger partial charge in [0.05, 0.1) is 17.5 Å². The molecule has 6 unspecified atom stereocenters. The van der Waals surface area contributed by atoms with Gasteiger partial charge in [0.2, 0.25) is 5.91 Å². The lowest BCUT2D eigenvalue weighted by Crippen LogP contribution is -2.74. The summed E-state index contributed by atoms with van der Waals surface area (Å²) in [6, 6.07) is 0.812. The third kappa shape index (κ3) is 4.10. The molecule has 10 heteroatoms. The van der Waals surface area contributed by atoms with Gasteiger partial charge in [0.15, 0.2) is 34.7 Å². The Morgan fingerprint density at radius 1 is 1.07 bits per heavy atom. The third-order valence-corrected chi connectivity index (χ3v) is 9.90. The number of phenolic OH excluding ortho intramolecular Hbond substituents is 1. The number of hydrogen-bond acceptors (Lipinski definition) is 9. The molecule has 4 aliphatic carbocycles. The monoisotopic (exact) mass is 553 g/mol. The van der Waals surface area contributed by atoms with E-state index in [1.54, 1.807) is 14.1 Å². The Kier molecular flexibility index (Phi) is 7.15. The first-order valence-corrected chi connectivity index (χ1v) is 14.2. The number of benzene rings is 1. The quantitative estimate of drug-likeness (QED) is 0.438. The molecule has 4 aliphatic rings. The highest BCUT2D eigenvalue weighted by Crippen LogP contribution is 2.52. The number of aromatic hydroxyl groups is 1. The van der Waals surface area contributed by atoms with E-state index in [-0.39, 0.29) is 24.2 Å². The number of Topliss-reactive ketones (excluding diaryl/α,β-unsaturated/α-hetero) is 4. The van der Waals surface area contributed by atoms with E-state index in [9.17, 15) is 34.2 Å². The summed E-state index contributed by atoms with van der Waals surface area (Å²) >= 11 is 0. The highest BCUT2D eigenvalue weighted by molar-refractivity contribution is 6.32. The first-order chi connectivity index (χ1) is 18.8. The number of aliphatic hydroxyl groups is 1. The number of primary amides is 1. The maximum absolute atomic E-state index is 14.1. The van der Waals surface area contributed by atoms with Crippen LogP contribution < -0.4 is 10.6 Å². The van der Waals surface area contributed by atoms with Crippen LogP contribution in [0.2, 0.25) is 0 Å². The Labute approximate surface area is 233 Å². The number of aryl methyl sites for hydroxylation is 1. The number of fused-ring (bicyclic) bond motifs is 3. The summed E-state index contributed by atoms with van der Waals surface area (Å²) in [4.78, 5) is 70.3. The molecule has 0 radical (unpaired) electrons. The van der Waals surface area contributed by atoms with Crippen LogP contribution >= 0.6 is 0 Å². The van der Waals surface area contributed by atoms with Crippen molar-refractivity contribution >= 4 is 34.7 Å². The molecule has 5 rings (SSSR count). The van der Waals surface area contributed by atoms with Crippen LogP contribution in [0.15, 0.2) is 6.07 Å². The number of nitrogens with two attached hydrogens (primary N) is 1. The maximum Gasteiger partial charge on any atom is 0.235 e. The van der Waals surface area contributed by atoms with Crippen LogP contribution in [0.3, 0.4) is 0 Å². The van der Waals surface area contributed by atoms with Crippen LogP contribution in [-0.2, 0) is 32.0 Å². The number of carbonyl (C=O) groups excluding carboxylic acids is 5. The van der Waals surface area contributed by atoms with Crippen molar-refractivity contribution in [3.63, 3.8) is 0 Å². The summed E-state index contributed by atoms with van der Waals surface area (Å²) in [5, 5.41) is 23.1. The summed E-state index contributed by atoms with van der Waals surface area (Å²) in [6.45, 7) is 0. The first-order valence-electron chi connectivity index (χ1n) is 14.2. The molecule has 6 atom stereocenters. The Balaban J connectivity index is 1.59. The van der Waals surface area contributed by atoms with E-state index in [4.69, 9.17) is 5.73 Å². The molecule has 40 heavy (non-hydrogen) atoms. The normalized spacial score (nSPS) is 32.2. The van der Waals surface area contributed by atoms with Crippen molar-refractivity contribution in [1.29, 1.82) is 0 Å². The predicted octanol–water partition coefficient (Wildman–Crippen LogP) is 1.06. The van der Waals surface area contributed by atoms with Crippen molar-refractivity contribution in [1.82, 2.24) is 4.90 Å². The molecule has 1 aromatic rings. The molecule has 0 heterocycles. The molecular formula is C30H39N3O7. The number of ketones is 4. The first kappa shape index (κ1) is 28.4. The zero-order valence-electron chi connectivity index (χ0n) is 23.6. The highest BCUT2D eigenvalue weighted by atomic mass is 16.3. The van der Waals surface area contributed by atoms with Crippen molar-refractivity contribution in [2.45, 2.75) is 63.0 Å². The molecule has 1 amide bonds. The third-order valence-electron chi connectivity index (χ3n) is 9.90. The van der Waals surface area contributed by atoms with Crippen LogP contribution in [0, 0.1) is 29.6 Å². The molecule has 0 aliphatic heterocycles. The lowest BCUT2D eigenvalue weighted by atomic mass is 9.52. The fraction of sp³-hybridized carbons (Fsp3) is 0.633. The van der Waals surface area contributed by atoms with Crippen LogP contribution in [0.1, 0.15) is 60.0 Å². The van der Waals surface area contributed by atoms with E-state index >= 15 is 0 Å². The lowest BCUT2D eigenvalue weighted by Gasteiger charge is -2.52. The molecule has 4 N–H and O–H groups in total. The minimum Gasteiger partial charge on any atom is -0.507 e. The van der Waals surface area contributed by atoms with Crippen molar-refractivity contribution in [3.8, 4) is 5.75 Å². The second kappa shape index (κ2) is 10.1. The van der Waals surface area contributed by atoms with Crippen molar-refractivity contribution < 1.29 is 34.2 Å². The lowest BCUT2D eigenvalue weighted by molar-refractivity contribution is -0.181. The average Bonchev–Trinajstić information content (AvgIpc) is 3.39. The molecule has 0 aromatic heterocycles. The Hall–Kier alpha value is -3.11. The van der Waals surface area contributed by atoms with E-state index in [0.717, 1.165) is 24.9 Å². The largest absolute Gasteiger partial charge is 0.507 e. The van der Waals surface area contributed by atoms with Gasteiger partial charge in [-0.2, -0.15) is 0 Å². The van der Waals surface area contributed by atoms with Gasteiger partial charge in [-0.05, 0) is 68.8 Å². The summed E-state index contributed by atoms with van der Waals surface area (Å²) in [5.41, 5.74) is 4.79. The van der Waals surface area contributed by atoms with Crippen LogP contribution in [0.4, 0.5) is 5.69 Å². The zero-order chi connectivity index (χ0) is 29.3. The second-order valence-electron chi connectivity index (χ2n) is 12.6. The fourth-order valence-corrected chi connectivity index (χ4v) is 7.95. The van der Waals surface area contributed by atoms with Gasteiger partial charge in [0.1, 0.15) is 5.75 Å². The number of hydrogen-bond donors (Lipinski definition) is 3. The number of rotatable bonds is 6. The van der Waals surface area contributed by atoms with Gasteiger partial charge in [-0.15, -0.1) is 0 Å². The Morgan fingerprint density at radius 2 is 1.73 bits per heavy atom. The molecule has 10 nitrogen and oxygen atoms in total. The average molecular weight is 554 g/mol. The summed E-state index contributed by atoms with van der Waals surface area (Å²) in [7, 11) is 6.87. The van der Waals surface area contributed by atoms with E-state index < -0.39 is 64.4 Å². The smallest absolute Gasteiger partial charge is 0.235 e. The van der Waals surface area contributed by atoms with Crippen LogP contribution in [-0.4, -0.2) is 84.0 Å². The summed E-state index contributed by atoms with van der Waals surface area (Å²) in [6.07, 6.45) is 6.50. The SMILES string of the molecule is CN(C)c1cc(CCC2CCCC2)c(O)c2c1CC1CC3C(N(C)C)C(=O)C(C(N)=O)C(=O)C3(O)C(=O)C1C2=O. The zero-order valence-corrected chi connectivity index (χ0v) is 23.6. The number of likely N-dealkylation sites (N-methyl/N-ethyl adjacent to an activating group) is 1. The molecule has 3 fully saturated rings. The molecule has 0 saturated heterocycles. The molecule has 0 bridgehead atoms. The van der Waals surface area contributed by atoms with Crippen molar-refractivity contribution in [2.75, 3.05) is 33.1 Å². The summed E-state index contributed by atoms with van der Waals surface area (Å²) in [5.74, 6) is -9.52. The van der Waals surface area contributed by atoms with Gasteiger partial charge in [0.25, 0.3) is 0 Å². The van der Waals surface area contributed by atoms with Crippen LogP contribution in [0.5, 0.6) is 5.75 Å². The number of anilines is 1. The fourth-order valence-electron chi connectivity index (χ4n) is 7.95. The molecule has 216 valence electrons. The molecule has 1 aromatic carbocycles. The number of nitrogens with zero attached hydrogens (tertiary/aromatic N) is 2. The highest BCUT2D eigenvalue weighted by Gasteiger charge is 2.69. The number of carbonyl (C=O) groups is 5. The Morgan fingerprint density at radius 3 is 2.30 bits per heavy atom. The van der Waals surface area contributed by atoms with Gasteiger partial charge in [0, 0.05) is 25.7 Å². The predicted molar refractivity (Wildman–Crippen MR) is 146 cm³/mol. The van der Waals surface area contributed by atoms with Gasteiger partial charge < -0.3 is 20.8 Å². The topological polar surface area (TPSA) is 158 Å². The maximum atomic E-state index is 14.1. The Bertz CT molecular complexity index is 1300. The molecule has 0 spiro atoms. The van der Waals surface area contributed by atoms with E-state index in [2.05, 4.69) is 0 Å². The van der Waals surface area contributed by atoms with Gasteiger partial charge >= 0.3 is 0 Å². The summed E-state index contributed by atoms with van der Waals surface area (Å²) < 4.78 is 0. The van der Waals surface area contributed by atoms with Crippen molar-refractivity contribution in [2.24, 2.45) is 35.3 Å². The van der Waals surface area contributed by atoms with Crippen LogP contribution in [0.25, 0.3) is 0 Å². The number of phenols is 1. The van der Waals surface area contributed by atoms with Crippen molar-refractivity contribution in [3.05, 3.63) is 22.8 Å². The van der Waals surface area contributed by atoms with Gasteiger partial charge in [-0.25, -0.2) is 0 Å². The minimum absolute atomic E-state index is 0.0426. The number of amides is 1. The molecule has 3 saturated carbocycles. The van der Waals surface area contributed by atoms with Gasteiger partial charge in [-0.3, -0.25) is 28.9 Å². The standard InChI is InChI=1S/C30H39N3O7/c1-32(2)19-13-15(10-9-14-7-5-6-8-14)24(34)21-17(19)11-16-12-18-23(33(3)4)26(36)22(29(31)39)28(38)30(18,40)27(37)20(16)25(21)35/h13-14,16,18,20,22-23,34,40H,5-12H2,1-4H3,(H2,31,39). The van der Waals surface area contributed by atoms with E-state index in [0.29, 0.717) is 23.5 Å².